The highest BCUT2D eigenvalue weighted by molar-refractivity contribution is 5.92. The zero-order chi connectivity index (χ0) is 13.4. The highest BCUT2D eigenvalue weighted by Gasteiger charge is 2.26. The van der Waals surface area contributed by atoms with Crippen LogP contribution in [0.4, 0.5) is 0 Å². The molecule has 0 bridgehead atoms. The second-order valence-corrected chi connectivity index (χ2v) is 4.97. The fourth-order valence-corrected chi connectivity index (χ4v) is 2.07. The Morgan fingerprint density at radius 2 is 2.32 bits per heavy atom. The first-order valence-corrected chi connectivity index (χ1v) is 6.40. The van der Waals surface area contributed by atoms with Gasteiger partial charge in [-0.15, -0.1) is 0 Å². The van der Waals surface area contributed by atoms with E-state index < -0.39 is 0 Å². The highest BCUT2D eigenvalue weighted by atomic mass is 16.5. The molecule has 2 aromatic heterocycles. The van der Waals surface area contributed by atoms with Crippen LogP contribution in [0, 0.1) is 13.8 Å². The number of aromatic nitrogens is 3. The molecule has 0 spiro atoms. The Kier molecular flexibility index (Phi) is 2.85. The van der Waals surface area contributed by atoms with Gasteiger partial charge in [-0.25, -0.2) is 0 Å². The molecule has 6 heteroatoms. The fourth-order valence-electron chi connectivity index (χ4n) is 2.07. The van der Waals surface area contributed by atoms with Gasteiger partial charge in [-0.2, -0.15) is 5.10 Å². The summed E-state index contributed by atoms with van der Waals surface area (Å²) in [5, 5.41) is 13.7. The van der Waals surface area contributed by atoms with Crippen molar-refractivity contribution in [3.63, 3.8) is 0 Å². The summed E-state index contributed by atoms with van der Waals surface area (Å²) in [7, 11) is 0. The summed E-state index contributed by atoms with van der Waals surface area (Å²) >= 11 is 0. The Morgan fingerprint density at radius 3 is 2.95 bits per heavy atom. The van der Waals surface area contributed by atoms with Gasteiger partial charge in [0, 0.05) is 23.7 Å². The number of nitrogens with zero attached hydrogens (tertiary/aromatic N) is 2. The van der Waals surface area contributed by atoms with Gasteiger partial charge in [-0.1, -0.05) is 5.16 Å². The van der Waals surface area contributed by atoms with E-state index in [0.717, 1.165) is 22.7 Å². The van der Waals surface area contributed by atoms with Crippen LogP contribution in [0.3, 0.4) is 0 Å². The number of carbonyl (C=O) groups excluding carboxylic acids is 1. The minimum absolute atomic E-state index is 0.178. The van der Waals surface area contributed by atoms with Gasteiger partial charge in [0.2, 0.25) is 0 Å². The molecule has 2 aromatic rings. The topological polar surface area (TPSA) is 83.8 Å². The second kappa shape index (κ2) is 4.53. The zero-order valence-electron chi connectivity index (χ0n) is 11.0. The van der Waals surface area contributed by atoms with Crippen LogP contribution < -0.4 is 5.32 Å². The van der Waals surface area contributed by atoms with Crippen LogP contribution in [0.15, 0.2) is 10.6 Å². The van der Waals surface area contributed by atoms with E-state index in [1.807, 2.05) is 19.9 Å². The summed E-state index contributed by atoms with van der Waals surface area (Å²) in [6.45, 7) is 4.10. The molecule has 0 radical (unpaired) electrons. The second-order valence-electron chi connectivity index (χ2n) is 4.97. The quantitative estimate of drug-likeness (QED) is 0.878. The molecular formula is C13H16N4O2. The van der Waals surface area contributed by atoms with E-state index in [2.05, 4.69) is 20.7 Å². The molecule has 3 rings (SSSR count). The predicted octanol–water partition coefficient (Wildman–Crippen LogP) is 1.82. The van der Waals surface area contributed by atoms with Gasteiger partial charge in [-0.3, -0.25) is 9.89 Å². The number of hydrogen-bond donors (Lipinski definition) is 2. The van der Waals surface area contributed by atoms with Crippen molar-refractivity contribution in [1.29, 1.82) is 0 Å². The van der Waals surface area contributed by atoms with Gasteiger partial charge >= 0.3 is 0 Å². The van der Waals surface area contributed by atoms with E-state index in [1.54, 1.807) is 0 Å². The number of H-pyrrole nitrogens is 1. The third-order valence-electron chi connectivity index (χ3n) is 3.45. The lowest BCUT2D eigenvalue weighted by Crippen LogP contribution is -2.23. The van der Waals surface area contributed by atoms with E-state index in [0.29, 0.717) is 18.2 Å². The van der Waals surface area contributed by atoms with Gasteiger partial charge in [0.15, 0.2) is 0 Å². The van der Waals surface area contributed by atoms with Crippen molar-refractivity contribution in [3.05, 3.63) is 34.5 Å². The maximum atomic E-state index is 12.0. The average molecular weight is 260 g/mol. The van der Waals surface area contributed by atoms with Crippen molar-refractivity contribution in [1.82, 2.24) is 20.7 Å². The minimum Gasteiger partial charge on any atom is -0.361 e. The summed E-state index contributed by atoms with van der Waals surface area (Å²) in [4.78, 5) is 12.0. The Balaban J connectivity index is 1.64. The van der Waals surface area contributed by atoms with Crippen LogP contribution in [0.5, 0.6) is 0 Å². The number of rotatable bonds is 4. The first-order valence-electron chi connectivity index (χ1n) is 6.40. The van der Waals surface area contributed by atoms with E-state index in [9.17, 15) is 4.79 Å². The summed E-state index contributed by atoms with van der Waals surface area (Å²) in [5.41, 5.74) is 3.22. The number of amides is 1. The smallest absolute Gasteiger partial charge is 0.272 e. The Morgan fingerprint density at radius 1 is 1.53 bits per heavy atom. The van der Waals surface area contributed by atoms with Gasteiger partial charge in [-0.05, 0) is 32.8 Å². The van der Waals surface area contributed by atoms with Crippen LogP contribution in [-0.4, -0.2) is 21.3 Å². The molecule has 0 saturated heterocycles. The molecule has 0 aliphatic heterocycles. The van der Waals surface area contributed by atoms with E-state index in [-0.39, 0.29) is 5.91 Å². The molecule has 2 heterocycles. The molecule has 1 aliphatic rings. The molecule has 1 amide bonds. The first-order chi connectivity index (χ1) is 9.15. The zero-order valence-corrected chi connectivity index (χ0v) is 11.0. The lowest BCUT2D eigenvalue weighted by molar-refractivity contribution is 0.0946. The molecule has 0 unspecified atom stereocenters. The third kappa shape index (κ3) is 2.38. The van der Waals surface area contributed by atoms with Crippen LogP contribution in [0.25, 0.3) is 0 Å². The van der Waals surface area contributed by atoms with Crippen molar-refractivity contribution in [2.75, 3.05) is 0 Å². The number of aryl methyl sites for hydroxylation is 2. The third-order valence-corrected chi connectivity index (χ3v) is 3.45. The molecule has 0 atom stereocenters. The van der Waals surface area contributed by atoms with Crippen LogP contribution in [-0.2, 0) is 6.54 Å². The predicted molar refractivity (Wildman–Crippen MR) is 67.7 cm³/mol. The fraction of sp³-hybridized carbons (Fsp3) is 0.462. The Hall–Kier alpha value is -2.11. The van der Waals surface area contributed by atoms with Crippen molar-refractivity contribution in [3.8, 4) is 0 Å². The lowest BCUT2D eigenvalue weighted by atomic mass is 10.2. The SMILES string of the molecule is Cc1noc(C)c1CNC(=O)c1cc(C2CC2)[nH]n1. The maximum Gasteiger partial charge on any atom is 0.272 e. The molecule has 1 fully saturated rings. The van der Waals surface area contributed by atoms with Crippen LogP contribution in [0.1, 0.15) is 52.0 Å². The molecule has 0 aromatic carbocycles. The van der Waals surface area contributed by atoms with Gasteiger partial charge in [0.05, 0.1) is 5.69 Å². The number of carbonyl (C=O) groups is 1. The largest absolute Gasteiger partial charge is 0.361 e. The maximum absolute atomic E-state index is 12.0. The van der Waals surface area contributed by atoms with E-state index in [4.69, 9.17) is 4.52 Å². The molecule has 1 aliphatic carbocycles. The molecule has 6 nitrogen and oxygen atoms in total. The highest BCUT2D eigenvalue weighted by Crippen LogP contribution is 2.38. The van der Waals surface area contributed by atoms with Crippen LogP contribution >= 0.6 is 0 Å². The van der Waals surface area contributed by atoms with Crippen molar-refractivity contribution >= 4 is 5.91 Å². The minimum atomic E-state index is -0.178. The number of hydrogen-bond acceptors (Lipinski definition) is 4. The van der Waals surface area contributed by atoms with Gasteiger partial charge < -0.3 is 9.84 Å². The lowest BCUT2D eigenvalue weighted by Gasteiger charge is -2.02. The summed E-state index contributed by atoms with van der Waals surface area (Å²) in [6, 6.07) is 1.83. The summed E-state index contributed by atoms with van der Waals surface area (Å²) in [5.74, 6) is 1.12. The van der Waals surface area contributed by atoms with Crippen molar-refractivity contribution < 1.29 is 9.32 Å². The molecule has 100 valence electrons. The Labute approximate surface area is 110 Å². The number of aromatic amines is 1. The first kappa shape index (κ1) is 12.0. The normalized spacial score (nSPS) is 14.6. The molecule has 1 saturated carbocycles. The van der Waals surface area contributed by atoms with E-state index >= 15 is 0 Å². The molecular weight excluding hydrogens is 244 g/mol. The van der Waals surface area contributed by atoms with Gasteiger partial charge in [0.25, 0.3) is 5.91 Å². The summed E-state index contributed by atoms with van der Waals surface area (Å²) < 4.78 is 5.05. The monoisotopic (exact) mass is 260 g/mol. The summed E-state index contributed by atoms with van der Waals surface area (Å²) in [6.07, 6.45) is 2.37. The van der Waals surface area contributed by atoms with E-state index in [1.165, 1.54) is 12.8 Å². The Bertz CT molecular complexity index is 590. The standard InChI is InChI=1S/C13H16N4O2/c1-7-10(8(2)19-17-7)6-14-13(18)12-5-11(15-16-12)9-3-4-9/h5,9H,3-4,6H2,1-2H3,(H,14,18)(H,15,16). The molecule has 19 heavy (non-hydrogen) atoms. The average Bonchev–Trinajstić information content (AvgIpc) is 3.04. The van der Waals surface area contributed by atoms with Crippen molar-refractivity contribution in [2.24, 2.45) is 0 Å². The number of nitrogens with one attached hydrogen (secondary N) is 2. The molecule has 2 N–H and O–H groups in total. The van der Waals surface area contributed by atoms with Crippen molar-refractivity contribution in [2.45, 2.75) is 39.2 Å². The van der Waals surface area contributed by atoms with Gasteiger partial charge in [0.1, 0.15) is 11.5 Å². The van der Waals surface area contributed by atoms with Crippen LogP contribution in [0.2, 0.25) is 0 Å².